The van der Waals surface area contributed by atoms with Gasteiger partial charge in [-0.1, -0.05) is 0 Å². The third kappa shape index (κ3) is 11.4. The first-order valence-corrected chi connectivity index (χ1v) is 17.6. The highest BCUT2D eigenvalue weighted by atomic mass is 16.5. The zero-order chi connectivity index (χ0) is 38.9. The zero-order valence-electron chi connectivity index (χ0n) is 31.7. The number of carbonyl (C=O) groups excluding carboxylic acids is 2. The summed E-state index contributed by atoms with van der Waals surface area (Å²) in [6, 6.07) is 14.7. The van der Waals surface area contributed by atoms with E-state index in [1.807, 2.05) is 12.1 Å². The van der Waals surface area contributed by atoms with Crippen molar-refractivity contribution in [3.05, 3.63) is 76.1 Å². The first kappa shape index (κ1) is 41.1. The number of unbranched alkanes of at least 4 members (excludes halogenated alkanes) is 2. The summed E-state index contributed by atoms with van der Waals surface area (Å²) in [5.74, 6) is 1.89. The van der Waals surface area contributed by atoms with E-state index in [4.69, 9.17) is 47.0 Å². The van der Waals surface area contributed by atoms with Crippen LogP contribution >= 0.6 is 0 Å². The number of benzene rings is 3. The van der Waals surface area contributed by atoms with E-state index in [0.717, 1.165) is 37.7 Å². The van der Waals surface area contributed by atoms with E-state index in [0.29, 0.717) is 77.4 Å². The molecule has 4 rings (SSSR count). The Bertz CT molecular complexity index is 1840. The monoisotopic (exact) mass is 751 g/mol. The number of ether oxygens (including phenoxy) is 9. The molecule has 14 heteroatoms. The molecule has 0 fully saturated rings. The Morgan fingerprint density at radius 1 is 0.556 bits per heavy atom. The second kappa shape index (κ2) is 21.2. The van der Waals surface area contributed by atoms with Gasteiger partial charge in [-0.15, -0.1) is 0 Å². The molecule has 0 bridgehead atoms. The summed E-state index contributed by atoms with van der Waals surface area (Å²) in [6.45, 7) is 3.11. The normalized spacial score (nSPS) is 10.9. The first-order valence-electron chi connectivity index (χ1n) is 17.6. The molecule has 0 saturated heterocycles. The van der Waals surface area contributed by atoms with Gasteiger partial charge >= 0.3 is 17.6 Å². The highest BCUT2D eigenvalue weighted by Gasteiger charge is 2.19. The van der Waals surface area contributed by atoms with Crippen LogP contribution in [0.5, 0.6) is 40.2 Å². The molecule has 0 saturated carbocycles. The van der Waals surface area contributed by atoms with E-state index in [9.17, 15) is 14.4 Å². The average Bonchev–Trinajstić information content (AvgIpc) is 3.20. The molecule has 1 aromatic heterocycles. The van der Waals surface area contributed by atoms with Crippen LogP contribution in [0.15, 0.2) is 63.8 Å². The summed E-state index contributed by atoms with van der Waals surface area (Å²) < 4.78 is 54.4. The summed E-state index contributed by atoms with van der Waals surface area (Å²) in [7, 11) is 8.93. The van der Waals surface area contributed by atoms with Gasteiger partial charge in [0.05, 0.1) is 73.6 Å². The molecule has 4 aromatic rings. The SMILES string of the molecule is COc1cc(C(=O)OCCCCCN(CCCOC(=O)c2cc(OC)c(OC)c(OC)c2)CCCOc2ccc3ccc(=O)oc3c2)cc(OC)c1OC. The minimum atomic E-state index is -0.499. The maximum Gasteiger partial charge on any atom is 0.338 e. The summed E-state index contributed by atoms with van der Waals surface area (Å²) in [5, 5.41) is 0.815. The summed E-state index contributed by atoms with van der Waals surface area (Å²) >= 11 is 0. The topological polar surface area (TPSA) is 151 Å². The molecule has 0 amide bonds. The van der Waals surface area contributed by atoms with Crippen LogP contribution < -0.4 is 38.8 Å². The lowest BCUT2D eigenvalue weighted by molar-refractivity contribution is 0.0485. The van der Waals surface area contributed by atoms with Crippen molar-refractivity contribution in [3.63, 3.8) is 0 Å². The number of hydrogen-bond donors (Lipinski definition) is 0. The molecular formula is C40H49NO13. The van der Waals surface area contributed by atoms with E-state index < -0.39 is 17.6 Å². The van der Waals surface area contributed by atoms with Gasteiger partial charge in [0.1, 0.15) is 11.3 Å². The molecule has 14 nitrogen and oxygen atoms in total. The number of hydrogen-bond acceptors (Lipinski definition) is 14. The largest absolute Gasteiger partial charge is 0.493 e. The number of esters is 2. The van der Waals surface area contributed by atoms with Crippen molar-refractivity contribution in [2.75, 3.05) is 82.1 Å². The molecule has 0 unspecified atom stereocenters. The maximum atomic E-state index is 12.9. The third-order valence-corrected chi connectivity index (χ3v) is 8.49. The molecule has 0 aliphatic rings. The van der Waals surface area contributed by atoms with Gasteiger partial charge in [-0.05, 0) is 81.1 Å². The first-order chi connectivity index (χ1) is 26.2. The minimum Gasteiger partial charge on any atom is -0.493 e. The van der Waals surface area contributed by atoms with Crippen molar-refractivity contribution in [1.29, 1.82) is 0 Å². The smallest absolute Gasteiger partial charge is 0.338 e. The molecule has 0 N–H and O–H groups in total. The second-order valence-corrected chi connectivity index (χ2v) is 12.0. The lowest BCUT2D eigenvalue weighted by atomic mass is 10.2. The molecule has 3 aromatic carbocycles. The second-order valence-electron chi connectivity index (χ2n) is 12.0. The summed E-state index contributed by atoms with van der Waals surface area (Å²) in [4.78, 5) is 39.6. The molecule has 54 heavy (non-hydrogen) atoms. The molecular weight excluding hydrogens is 702 g/mol. The average molecular weight is 752 g/mol. The van der Waals surface area contributed by atoms with Crippen LogP contribution in [0.2, 0.25) is 0 Å². The lowest BCUT2D eigenvalue weighted by Gasteiger charge is -2.22. The van der Waals surface area contributed by atoms with E-state index >= 15 is 0 Å². The number of fused-ring (bicyclic) bond motifs is 1. The van der Waals surface area contributed by atoms with Crippen molar-refractivity contribution in [1.82, 2.24) is 4.90 Å². The Morgan fingerprint density at radius 3 is 1.56 bits per heavy atom. The number of methoxy groups -OCH3 is 6. The number of rotatable bonds is 23. The third-order valence-electron chi connectivity index (χ3n) is 8.49. The van der Waals surface area contributed by atoms with Crippen molar-refractivity contribution in [2.24, 2.45) is 0 Å². The fourth-order valence-corrected chi connectivity index (χ4v) is 5.74. The zero-order valence-corrected chi connectivity index (χ0v) is 31.7. The Morgan fingerprint density at radius 2 is 1.04 bits per heavy atom. The van der Waals surface area contributed by atoms with Gasteiger partial charge in [-0.3, -0.25) is 0 Å². The van der Waals surface area contributed by atoms with Crippen molar-refractivity contribution >= 4 is 22.9 Å². The van der Waals surface area contributed by atoms with E-state index in [1.165, 1.54) is 48.7 Å². The summed E-state index contributed by atoms with van der Waals surface area (Å²) in [6.07, 6.45) is 3.70. The fourth-order valence-electron chi connectivity index (χ4n) is 5.74. The van der Waals surface area contributed by atoms with Gasteiger partial charge in [-0.25, -0.2) is 14.4 Å². The van der Waals surface area contributed by atoms with E-state index in [-0.39, 0.29) is 18.8 Å². The lowest BCUT2D eigenvalue weighted by Crippen LogP contribution is -2.29. The summed E-state index contributed by atoms with van der Waals surface area (Å²) in [5.41, 5.74) is 0.646. The molecule has 0 spiro atoms. The van der Waals surface area contributed by atoms with E-state index in [1.54, 1.807) is 36.4 Å². The van der Waals surface area contributed by atoms with Crippen LogP contribution in [0.25, 0.3) is 11.0 Å². The Labute approximate surface area is 314 Å². The van der Waals surface area contributed by atoms with Crippen LogP contribution in [0.3, 0.4) is 0 Å². The quantitative estimate of drug-likeness (QED) is 0.0481. The molecule has 292 valence electrons. The molecule has 1 heterocycles. The van der Waals surface area contributed by atoms with Crippen LogP contribution in [-0.4, -0.2) is 99.0 Å². The van der Waals surface area contributed by atoms with Gasteiger partial charge in [0.15, 0.2) is 23.0 Å². The fraction of sp³-hybridized carbons (Fsp3) is 0.425. The maximum absolute atomic E-state index is 12.9. The molecule has 0 radical (unpaired) electrons. The van der Waals surface area contributed by atoms with Crippen molar-refractivity contribution in [2.45, 2.75) is 32.1 Å². The van der Waals surface area contributed by atoms with Crippen LogP contribution in [0, 0.1) is 0 Å². The van der Waals surface area contributed by atoms with Gasteiger partial charge in [-0.2, -0.15) is 0 Å². The number of carbonyl (C=O) groups is 2. The van der Waals surface area contributed by atoms with Gasteiger partial charge in [0.2, 0.25) is 11.5 Å². The van der Waals surface area contributed by atoms with Crippen molar-refractivity contribution < 1.29 is 56.6 Å². The van der Waals surface area contributed by atoms with Crippen molar-refractivity contribution in [3.8, 4) is 40.2 Å². The van der Waals surface area contributed by atoms with Gasteiger partial charge < -0.3 is 51.9 Å². The predicted octanol–water partition coefficient (Wildman–Crippen LogP) is 6.19. The molecule has 0 aliphatic heterocycles. The highest BCUT2D eigenvalue weighted by Crippen LogP contribution is 2.39. The minimum absolute atomic E-state index is 0.210. The number of nitrogens with zero attached hydrogens (tertiary/aromatic N) is 1. The molecule has 0 atom stereocenters. The highest BCUT2D eigenvalue weighted by molar-refractivity contribution is 5.92. The van der Waals surface area contributed by atoms with Crippen LogP contribution in [0.4, 0.5) is 0 Å². The van der Waals surface area contributed by atoms with Crippen LogP contribution in [-0.2, 0) is 9.47 Å². The van der Waals surface area contributed by atoms with Gasteiger partial charge in [0, 0.05) is 30.6 Å². The Kier molecular flexibility index (Phi) is 16.1. The molecule has 0 aliphatic carbocycles. The van der Waals surface area contributed by atoms with Gasteiger partial charge in [0.25, 0.3) is 0 Å². The predicted molar refractivity (Wildman–Crippen MR) is 200 cm³/mol. The Hall–Kier alpha value is -5.63. The standard InChI is InChI=1S/C40H49NO13/c1-45-32-22-28(23-33(46-2)37(32)49-5)39(43)52-19-9-7-8-16-41(17-10-20-51-30-14-12-27-13-15-36(42)54-31(27)26-30)18-11-21-53-40(44)29-24-34(47-3)38(50-6)35(25-29)48-4/h12-15,22-26H,7-11,16-21H2,1-6H3. The van der Waals surface area contributed by atoms with E-state index in [2.05, 4.69) is 4.90 Å². The van der Waals surface area contributed by atoms with Crippen LogP contribution in [0.1, 0.15) is 52.8 Å². The Balaban J connectivity index is 1.27.